The predicted octanol–water partition coefficient (Wildman–Crippen LogP) is 4.87. The van der Waals surface area contributed by atoms with Crippen molar-refractivity contribution in [1.82, 2.24) is 0 Å². The maximum Gasteiger partial charge on any atom is 0.312 e. The van der Waals surface area contributed by atoms with Crippen LogP contribution in [0.2, 0.25) is 0 Å². The zero-order chi connectivity index (χ0) is 15.9. The van der Waals surface area contributed by atoms with Gasteiger partial charge in [0.15, 0.2) is 0 Å². The lowest BCUT2D eigenvalue weighted by Crippen LogP contribution is -2.23. The van der Waals surface area contributed by atoms with Crippen LogP contribution in [0.25, 0.3) is 0 Å². The van der Waals surface area contributed by atoms with Gasteiger partial charge in [0.25, 0.3) is 0 Å². The lowest BCUT2D eigenvalue weighted by Gasteiger charge is -2.29. The summed E-state index contributed by atoms with van der Waals surface area (Å²) in [5.41, 5.74) is 5.90. The van der Waals surface area contributed by atoms with Gasteiger partial charge in [-0.15, -0.1) is 0 Å². The molecule has 1 heterocycles. The van der Waals surface area contributed by atoms with Crippen molar-refractivity contribution in [2.45, 2.75) is 46.0 Å². The molecule has 2 aromatic rings. The van der Waals surface area contributed by atoms with E-state index in [0.717, 1.165) is 11.3 Å². The number of carbonyl (C=O) groups excluding carboxylic acids is 1. The van der Waals surface area contributed by atoms with Gasteiger partial charge >= 0.3 is 5.97 Å². The molecular formula is C20H22O2. The molecule has 3 rings (SSSR count). The van der Waals surface area contributed by atoms with Gasteiger partial charge < -0.3 is 4.74 Å². The Bertz CT molecular complexity index is 711. The van der Waals surface area contributed by atoms with Crippen LogP contribution in [0, 0.1) is 13.8 Å². The Balaban J connectivity index is 2.18. The Hall–Kier alpha value is -2.09. The molecule has 22 heavy (non-hydrogen) atoms. The van der Waals surface area contributed by atoms with Crippen LogP contribution in [0.15, 0.2) is 36.4 Å². The number of hydrogen-bond acceptors (Lipinski definition) is 2. The molecule has 1 aliphatic heterocycles. The van der Waals surface area contributed by atoms with Crippen molar-refractivity contribution in [2.75, 3.05) is 0 Å². The zero-order valence-corrected chi connectivity index (χ0v) is 13.6. The fourth-order valence-corrected chi connectivity index (χ4v) is 3.22. The first-order valence-corrected chi connectivity index (χ1v) is 7.88. The van der Waals surface area contributed by atoms with Crippen LogP contribution in [0.3, 0.4) is 0 Å². The Morgan fingerprint density at radius 3 is 2.36 bits per heavy atom. The van der Waals surface area contributed by atoms with E-state index in [4.69, 9.17) is 4.74 Å². The van der Waals surface area contributed by atoms with E-state index in [0.29, 0.717) is 12.3 Å². The fourth-order valence-electron chi connectivity index (χ4n) is 3.22. The third-order valence-electron chi connectivity index (χ3n) is 4.48. The first-order chi connectivity index (χ1) is 10.5. The third-order valence-corrected chi connectivity index (χ3v) is 4.48. The molecule has 0 spiro atoms. The van der Waals surface area contributed by atoms with Crippen molar-refractivity contribution >= 4 is 5.97 Å². The van der Waals surface area contributed by atoms with E-state index in [9.17, 15) is 4.79 Å². The van der Waals surface area contributed by atoms with Crippen molar-refractivity contribution in [3.8, 4) is 5.75 Å². The SMILES string of the molecule is Cc1ccc(C2CC(=O)Oc3c(C(C)C)ccc(C)c32)cc1. The van der Waals surface area contributed by atoms with Crippen LogP contribution in [-0.2, 0) is 4.79 Å². The standard InChI is InChI=1S/C20H22O2/c1-12(2)16-10-7-14(4)19-17(11-18(21)22-20(16)19)15-8-5-13(3)6-9-15/h5-10,12,17H,11H2,1-4H3. The minimum Gasteiger partial charge on any atom is -0.426 e. The smallest absolute Gasteiger partial charge is 0.312 e. The predicted molar refractivity (Wildman–Crippen MR) is 88.5 cm³/mol. The van der Waals surface area contributed by atoms with Gasteiger partial charge in [-0.05, 0) is 36.5 Å². The fraction of sp³-hybridized carbons (Fsp3) is 0.350. The van der Waals surface area contributed by atoms with E-state index >= 15 is 0 Å². The molecule has 0 fully saturated rings. The van der Waals surface area contributed by atoms with Crippen LogP contribution >= 0.6 is 0 Å². The van der Waals surface area contributed by atoms with E-state index in [1.54, 1.807) is 0 Å². The highest BCUT2D eigenvalue weighted by Gasteiger charge is 2.32. The van der Waals surface area contributed by atoms with E-state index < -0.39 is 0 Å². The van der Waals surface area contributed by atoms with Crippen molar-refractivity contribution in [3.63, 3.8) is 0 Å². The maximum absolute atomic E-state index is 12.1. The molecule has 0 aromatic heterocycles. The van der Waals surface area contributed by atoms with Gasteiger partial charge in [-0.2, -0.15) is 0 Å². The number of aryl methyl sites for hydroxylation is 2. The van der Waals surface area contributed by atoms with Crippen molar-refractivity contribution in [3.05, 3.63) is 64.2 Å². The molecule has 0 saturated heterocycles. The van der Waals surface area contributed by atoms with E-state index in [1.807, 2.05) is 0 Å². The van der Waals surface area contributed by atoms with Crippen molar-refractivity contribution in [2.24, 2.45) is 0 Å². The number of benzene rings is 2. The molecule has 1 unspecified atom stereocenters. The topological polar surface area (TPSA) is 26.3 Å². The van der Waals surface area contributed by atoms with Crippen LogP contribution < -0.4 is 4.74 Å². The number of ether oxygens (including phenoxy) is 1. The van der Waals surface area contributed by atoms with Gasteiger partial charge in [0.1, 0.15) is 5.75 Å². The van der Waals surface area contributed by atoms with Crippen LogP contribution in [-0.4, -0.2) is 5.97 Å². The highest BCUT2D eigenvalue weighted by molar-refractivity contribution is 5.79. The first kappa shape index (κ1) is 14.8. The number of rotatable bonds is 2. The number of fused-ring (bicyclic) bond motifs is 1. The Labute approximate surface area is 132 Å². The number of carbonyl (C=O) groups is 1. The molecule has 2 heteroatoms. The van der Waals surface area contributed by atoms with Gasteiger partial charge in [0.05, 0.1) is 6.42 Å². The molecule has 2 aromatic carbocycles. The van der Waals surface area contributed by atoms with Crippen molar-refractivity contribution < 1.29 is 9.53 Å². The summed E-state index contributed by atoms with van der Waals surface area (Å²) in [6, 6.07) is 12.7. The summed E-state index contributed by atoms with van der Waals surface area (Å²) in [5, 5.41) is 0. The molecule has 0 N–H and O–H groups in total. The van der Waals surface area contributed by atoms with Gasteiger partial charge in [0, 0.05) is 11.5 Å². The second-order valence-electron chi connectivity index (χ2n) is 6.51. The summed E-state index contributed by atoms with van der Waals surface area (Å²) in [4.78, 5) is 12.1. The highest BCUT2D eigenvalue weighted by atomic mass is 16.5. The lowest BCUT2D eigenvalue weighted by atomic mass is 9.81. The minimum atomic E-state index is -0.134. The molecule has 114 valence electrons. The normalized spacial score (nSPS) is 17.3. The summed E-state index contributed by atoms with van der Waals surface area (Å²) in [7, 11) is 0. The summed E-state index contributed by atoms with van der Waals surface area (Å²) in [6.45, 7) is 8.45. The summed E-state index contributed by atoms with van der Waals surface area (Å²) < 4.78 is 5.64. The van der Waals surface area contributed by atoms with Gasteiger partial charge in [-0.1, -0.05) is 55.8 Å². The molecule has 0 amide bonds. The van der Waals surface area contributed by atoms with Crippen LogP contribution in [0.1, 0.15) is 59.9 Å². The minimum absolute atomic E-state index is 0.0931. The Morgan fingerprint density at radius 1 is 1.05 bits per heavy atom. The monoisotopic (exact) mass is 294 g/mol. The third kappa shape index (κ3) is 2.54. The quantitative estimate of drug-likeness (QED) is 0.583. The Morgan fingerprint density at radius 2 is 1.73 bits per heavy atom. The molecule has 1 atom stereocenters. The van der Waals surface area contributed by atoms with Gasteiger partial charge in [-0.3, -0.25) is 4.79 Å². The first-order valence-electron chi connectivity index (χ1n) is 7.88. The van der Waals surface area contributed by atoms with Gasteiger partial charge in [-0.25, -0.2) is 0 Å². The molecule has 0 saturated carbocycles. The second-order valence-corrected chi connectivity index (χ2v) is 6.51. The molecule has 0 bridgehead atoms. The average molecular weight is 294 g/mol. The summed E-state index contributed by atoms with van der Waals surface area (Å²) in [6.07, 6.45) is 0.415. The molecule has 2 nitrogen and oxygen atoms in total. The van der Waals surface area contributed by atoms with E-state index in [2.05, 4.69) is 64.1 Å². The lowest BCUT2D eigenvalue weighted by molar-refractivity contribution is -0.135. The van der Waals surface area contributed by atoms with Crippen molar-refractivity contribution in [1.29, 1.82) is 0 Å². The molecule has 0 radical (unpaired) electrons. The largest absolute Gasteiger partial charge is 0.426 e. The second kappa shape index (κ2) is 5.60. The molecule has 1 aliphatic rings. The Kier molecular flexibility index (Phi) is 3.78. The van der Waals surface area contributed by atoms with Crippen LogP contribution in [0.4, 0.5) is 0 Å². The summed E-state index contributed by atoms with van der Waals surface area (Å²) in [5.74, 6) is 1.08. The molecular weight excluding hydrogens is 272 g/mol. The number of hydrogen-bond donors (Lipinski definition) is 0. The van der Waals surface area contributed by atoms with Gasteiger partial charge in [0.2, 0.25) is 0 Å². The average Bonchev–Trinajstić information content (AvgIpc) is 2.47. The van der Waals surface area contributed by atoms with Crippen LogP contribution in [0.5, 0.6) is 5.75 Å². The molecule has 0 aliphatic carbocycles. The van der Waals surface area contributed by atoms with E-state index in [-0.39, 0.29) is 11.9 Å². The van der Waals surface area contributed by atoms with E-state index in [1.165, 1.54) is 22.3 Å². The maximum atomic E-state index is 12.1. The summed E-state index contributed by atoms with van der Waals surface area (Å²) >= 11 is 0. The highest BCUT2D eigenvalue weighted by Crippen LogP contribution is 2.44. The number of esters is 1. The zero-order valence-electron chi connectivity index (χ0n) is 13.6.